The van der Waals surface area contributed by atoms with E-state index in [1.807, 2.05) is 0 Å². The van der Waals surface area contributed by atoms with Crippen LogP contribution in [0.5, 0.6) is 5.75 Å². The molecule has 10 heteroatoms. The maximum Gasteiger partial charge on any atom is 0.416 e. The number of alkyl halides is 3. The Labute approximate surface area is 224 Å². The highest BCUT2D eigenvalue weighted by atomic mass is 19.4. The third-order valence-corrected chi connectivity index (χ3v) is 6.64. The minimum atomic E-state index is -4.49. The molecule has 0 saturated heterocycles. The summed E-state index contributed by atoms with van der Waals surface area (Å²) in [6.45, 7) is 0.132. The molecule has 4 aromatic carbocycles. The van der Waals surface area contributed by atoms with E-state index in [4.69, 9.17) is 4.74 Å². The van der Waals surface area contributed by atoms with E-state index in [0.29, 0.717) is 44.5 Å². The number of benzene rings is 4. The van der Waals surface area contributed by atoms with Gasteiger partial charge in [0.15, 0.2) is 17.4 Å². The third-order valence-electron chi connectivity index (χ3n) is 6.64. The number of fused-ring (bicyclic) bond motifs is 3. The van der Waals surface area contributed by atoms with E-state index in [0.717, 1.165) is 24.3 Å². The summed E-state index contributed by atoms with van der Waals surface area (Å²) < 4.78 is 44.2. The molecular weight excluding hydrogens is 523 g/mol. The first-order valence-electron chi connectivity index (χ1n) is 12.1. The number of hydrogen-bond donors (Lipinski definition) is 2. The van der Waals surface area contributed by atoms with Crippen LogP contribution in [0.25, 0.3) is 10.9 Å². The maximum absolute atomic E-state index is 13.0. The number of ketones is 2. The van der Waals surface area contributed by atoms with Gasteiger partial charge in [0.1, 0.15) is 12.4 Å². The second-order valence-corrected chi connectivity index (χ2v) is 9.18. The number of ether oxygens (including phenoxy) is 1. The lowest BCUT2D eigenvalue weighted by molar-refractivity contribution is -0.137. The number of nitrogens with zero attached hydrogens (tertiary/aromatic N) is 1. The molecule has 1 aliphatic rings. The van der Waals surface area contributed by atoms with Crippen LogP contribution in [-0.2, 0) is 12.8 Å². The first-order chi connectivity index (χ1) is 19.2. The lowest BCUT2D eigenvalue weighted by Gasteiger charge is -2.18. The Morgan fingerprint density at radius 1 is 0.825 bits per heavy atom. The van der Waals surface area contributed by atoms with Crippen LogP contribution in [0.15, 0.2) is 84.9 Å². The van der Waals surface area contributed by atoms with Crippen LogP contribution in [0.3, 0.4) is 0 Å². The summed E-state index contributed by atoms with van der Waals surface area (Å²) in [5, 5.41) is 10.1. The van der Waals surface area contributed by atoms with Gasteiger partial charge in [-0.2, -0.15) is 18.3 Å². The highest BCUT2D eigenvalue weighted by Gasteiger charge is 2.31. The number of aromatic nitrogens is 2. The van der Waals surface area contributed by atoms with Crippen molar-refractivity contribution in [1.29, 1.82) is 0 Å². The molecule has 0 atom stereocenters. The van der Waals surface area contributed by atoms with Crippen LogP contribution >= 0.6 is 0 Å². The number of carbonyl (C=O) groups is 3. The van der Waals surface area contributed by atoms with Gasteiger partial charge in [0.05, 0.1) is 11.1 Å². The summed E-state index contributed by atoms with van der Waals surface area (Å²) in [6.07, 6.45) is -4.49. The first-order valence-corrected chi connectivity index (χ1v) is 12.1. The zero-order valence-electron chi connectivity index (χ0n) is 20.5. The van der Waals surface area contributed by atoms with Crippen molar-refractivity contribution in [2.24, 2.45) is 0 Å². The van der Waals surface area contributed by atoms with Gasteiger partial charge < -0.3 is 10.1 Å². The Morgan fingerprint density at radius 2 is 1.50 bits per heavy atom. The van der Waals surface area contributed by atoms with Gasteiger partial charge in [0, 0.05) is 39.3 Å². The first kappa shape index (κ1) is 25.1. The molecule has 0 spiro atoms. The quantitative estimate of drug-likeness (QED) is 0.271. The van der Waals surface area contributed by atoms with Crippen molar-refractivity contribution in [2.45, 2.75) is 12.8 Å². The summed E-state index contributed by atoms with van der Waals surface area (Å²) >= 11 is 0. The second kappa shape index (κ2) is 9.49. The fourth-order valence-electron chi connectivity index (χ4n) is 4.58. The average molecular weight is 541 g/mol. The standard InChI is InChI=1S/C30H18F3N3O4/c31-30(32,33)18-8-6-17(7-9-18)29(39)34-28-23-12-10-19(14-25(23)35-36-28)40-15-16-5-11-22-24(13-16)27(38)21-4-2-1-3-20(21)26(22)37/h1-14H,15H2,(H2,34,35,36,39). The number of rotatable bonds is 5. The van der Waals surface area contributed by atoms with Crippen LogP contribution in [0.4, 0.5) is 19.0 Å². The van der Waals surface area contributed by atoms with Crippen molar-refractivity contribution in [3.63, 3.8) is 0 Å². The highest BCUT2D eigenvalue weighted by molar-refractivity contribution is 6.28. The molecule has 0 fully saturated rings. The molecule has 40 heavy (non-hydrogen) atoms. The Kier molecular flexibility index (Phi) is 5.95. The van der Waals surface area contributed by atoms with Crippen LogP contribution in [0.1, 0.15) is 53.3 Å². The Hall–Kier alpha value is -5.25. The summed E-state index contributed by atoms with van der Waals surface area (Å²) in [7, 11) is 0. The van der Waals surface area contributed by atoms with Crippen molar-refractivity contribution in [2.75, 3.05) is 5.32 Å². The van der Waals surface area contributed by atoms with E-state index < -0.39 is 17.6 Å². The molecule has 0 unspecified atom stereocenters. The van der Waals surface area contributed by atoms with E-state index >= 15 is 0 Å². The van der Waals surface area contributed by atoms with Crippen LogP contribution in [0.2, 0.25) is 0 Å². The van der Waals surface area contributed by atoms with E-state index in [2.05, 4.69) is 15.5 Å². The molecule has 6 rings (SSSR count). The second-order valence-electron chi connectivity index (χ2n) is 9.18. The number of nitrogens with one attached hydrogen (secondary N) is 2. The van der Waals surface area contributed by atoms with Gasteiger partial charge in [-0.05, 0) is 54.1 Å². The number of hydrogen-bond acceptors (Lipinski definition) is 5. The number of H-pyrrole nitrogens is 1. The van der Waals surface area contributed by atoms with Gasteiger partial charge in [0.25, 0.3) is 5.91 Å². The number of carbonyl (C=O) groups excluding carboxylic acids is 3. The SMILES string of the molecule is O=C(Nc1n[nH]c2cc(OCc3ccc4c(c3)C(=O)c3ccccc3C4=O)ccc12)c1ccc(C(F)(F)F)cc1. The lowest BCUT2D eigenvalue weighted by atomic mass is 9.83. The maximum atomic E-state index is 13.0. The summed E-state index contributed by atoms with van der Waals surface area (Å²) in [4.78, 5) is 38.3. The number of aromatic amines is 1. The fourth-order valence-corrected chi connectivity index (χ4v) is 4.58. The van der Waals surface area contributed by atoms with Gasteiger partial charge in [-0.1, -0.05) is 30.3 Å². The normalized spacial score (nSPS) is 12.7. The van der Waals surface area contributed by atoms with Crippen molar-refractivity contribution in [1.82, 2.24) is 10.2 Å². The molecule has 0 saturated carbocycles. The molecule has 5 aromatic rings. The number of amides is 1. The highest BCUT2D eigenvalue weighted by Crippen LogP contribution is 2.31. The van der Waals surface area contributed by atoms with E-state index in [1.165, 1.54) is 0 Å². The molecule has 198 valence electrons. The van der Waals surface area contributed by atoms with Gasteiger partial charge in [-0.15, -0.1) is 0 Å². The molecular formula is C30H18F3N3O4. The van der Waals surface area contributed by atoms with E-state index in [1.54, 1.807) is 60.7 Å². The zero-order chi connectivity index (χ0) is 28.0. The number of anilines is 1. The molecule has 1 aromatic heterocycles. The van der Waals surface area contributed by atoms with Gasteiger partial charge in [0.2, 0.25) is 0 Å². The lowest BCUT2D eigenvalue weighted by Crippen LogP contribution is -2.21. The predicted molar refractivity (Wildman–Crippen MR) is 140 cm³/mol. The summed E-state index contributed by atoms with van der Waals surface area (Å²) in [5.74, 6) is -0.308. The Balaban J connectivity index is 1.15. The molecule has 2 N–H and O–H groups in total. The average Bonchev–Trinajstić information content (AvgIpc) is 3.36. The van der Waals surface area contributed by atoms with Crippen LogP contribution in [-0.4, -0.2) is 27.7 Å². The van der Waals surface area contributed by atoms with E-state index in [9.17, 15) is 27.6 Å². The molecule has 1 heterocycles. The molecule has 0 radical (unpaired) electrons. The van der Waals surface area contributed by atoms with Crippen LogP contribution in [0, 0.1) is 0 Å². The Bertz CT molecular complexity index is 1820. The largest absolute Gasteiger partial charge is 0.489 e. The molecule has 1 amide bonds. The minimum Gasteiger partial charge on any atom is -0.489 e. The molecule has 0 aliphatic heterocycles. The van der Waals surface area contributed by atoms with Gasteiger partial charge in [-0.25, -0.2) is 0 Å². The molecule has 7 nitrogen and oxygen atoms in total. The van der Waals surface area contributed by atoms with Gasteiger partial charge >= 0.3 is 6.18 Å². The van der Waals surface area contributed by atoms with E-state index in [-0.39, 0.29) is 29.6 Å². The minimum absolute atomic E-state index is 0.0535. The van der Waals surface area contributed by atoms with Crippen LogP contribution < -0.4 is 10.1 Å². The van der Waals surface area contributed by atoms with Crippen molar-refractivity contribution in [3.05, 3.63) is 124 Å². The zero-order valence-corrected chi connectivity index (χ0v) is 20.5. The topological polar surface area (TPSA) is 101 Å². The predicted octanol–water partition coefficient (Wildman–Crippen LogP) is 6.19. The smallest absolute Gasteiger partial charge is 0.416 e. The number of halogens is 3. The van der Waals surface area contributed by atoms with Gasteiger partial charge in [-0.3, -0.25) is 19.5 Å². The van der Waals surface area contributed by atoms with Crippen molar-refractivity contribution < 1.29 is 32.3 Å². The monoisotopic (exact) mass is 541 g/mol. The third kappa shape index (κ3) is 4.49. The summed E-state index contributed by atoms with van der Waals surface area (Å²) in [5.41, 5.74) is 1.94. The fraction of sp³-hybridized carbons (Fsp3) is 0.0667. The summed E-state index contributed by atoms with van der Waals surface area (Å²) in [6, 6.07) is 20.7. The molecule has 0 bridgehead atoms. The Morgan fingerprint density at radius 3 is 2.20 bits per heavy atom. The van der Waals surface area contributed by atoms with Crippen molar-refractivity contribution in [3.8, 4) is 5.75 Å². The van der Waals surface area contributed by atoms with Crippen molar-refractivity contribution >= 4 is 34.2 Å². The molecule has 1 aliphatic carbocycles.